The van der Waals surface area contributed by atoms with Crippen molar-refractivity contribution in [2.24, 2.45) is 0 Å². The van der Waals surface area contributed by atoms with Gasteiger partial charge in [0.2, 0.25) is 0 Å². The summed E-state index contributed by atoms with van der Waals surface area (Å²) in [4.78, 5) is 0. The van der Waals surface area contributed by atoms with Crippen LogP contribution in [0.1, 0.15) is 31.9 Å². The molecule has 1 aromatic carbocycles. The van der Waals surface area contributed by atoms with E-state index in [2.05, 4.69) is 45.1 Å². The van der Waals surface area contributed by atoms with Crippen LogP contribution in [0.5, 0.6) is 5.75 Å². The Kier molecular flexibility index (Phi) is 5.70. The topological polar surface area (TPSA) is 21.3 Å². The van der Waals surface area contributed by atoms with E-state index < -0.39 is 0 Å². The van der Waals surface area contributed by atoms with Crippen molar-refractivity contribution in [1.82, 2.24) is 5.32 Å². The van der Waals surface area contributed by atoms with E-state index in [1.165, 1.54) is 16.7 Å². The number of hydrogen-bond acceptors (Lipinski definition) is 2. The Bertz CT molecular complexity index is 407. The molecule has 0 saturated carbocycles. The Morgan fingerprint density at radius 3 is 2.67 bits per heavy atom. The molecule has 0 saturated heterocycles. The molecule has 0 spiro atoms. The molecular formula is C15H22ClNO. The molecule has 0 radical (unpaired) electrons. The van der Waals surface area contributed by atoms with Gasteiger partial charge in [-0.25, -0.2) is 0 Å². The number of rotatable bonds is 5. The molecule has 1 rings (SSSR count). The van der Waals surface area contributed by atoms with Crippen LogP contribution in [0.15, 0.2) is 29.8 Å². The molecule has 0 atom stereocenters. The quantitative estimate of drug-likeness (QED) is 0.870. The standard InChI is InChI=1S/C15H22ClNO/c1-12-6-7-14(18-9-5-8-16)13(10-12)11-17-15(2,3)4/h5-8,10,17H,9,11H2,1-4H3. The number of halogens is 1. The lowest BCUT2D eigenvalue weighted by Crippen LogP contribution is -2.35. The van der Waals surface area contributed by atoms with Gasteiger partial charge in [-0.1, -0.05) is 29.3 Å². The summed E-state index contributed by atoms with van der Waals surface area (Å²) < 4.78 is 5.69. The molecular weight excluding hydrogens is 246 g/mol. The van der Waals surface area contributed by atoms with Crippen LogP contribution in [0.2, 0.25) is 0 Å². The molecule has 2 nitrogen and oxygen atoms in total. The van der Waals surface area contributed by atoms with Gasteiger partial charge in [-0.2, -0.15) is 0 Å². The average molecular weight is 268 g/mol. The van der Waals surface area contributed by atoms with E-state index >= 15 is 0 Å². The van der Waals surface area contributed by atoms with E-state index in [9.17, 15) is 0 Å². The van der Waals surface area contributed by atoms with Crippen molar-refractivity contribution in [3.8, 4) is 5.75 Å². The number of aryl methyl sites for hydroxylation is 1. The Morgan fingerprint density at radius 2 is 2.06 bits per heavy atom. The van der Waals surface area contributed by atoms with E-state index in [1.54, 1.807) is 6.08 Å². The zero-order valence-electron chi connectivity index (χ0n) is 11.6. The normalized spacial score (nSPS) is 12.1. The fraction of sp³-hybridized carbons (Fsp3) is 0.467. The van der Waals surface area contributed by atoms with Crippen LogP contribution in [0.25, 0.3) is 0 Å². The monoisotopic (exact) mass is 267 g/mol. The first-order valence-electron chi connectivity index (χ1n) is 6.15. The number of hydrogen-bond donors (Lipinski definition) is 1. The van der Waals surface area contributed by atoms with E-state index in [1.807, 2.05) is 6.07 Å². The SMILES string of the molecule is Cc1ccc(OCC=CCl)c(CNC(C)(C)C)c1. The van der Waals surface area contributed by atoms with Crippen molar-refractivity contribution in [2.45, 2.75) is 39.8 Å². The van der Waals surface area contributed by atoms with Crippen LogP contribution in [0, 0.1) is 6.92 Å². The lowest BCUT2D eigenvalue weighted by molar-refractivity contribution is 0.352. The zero-order valence-corrected chi connectivity index (χ0v) is 12.3. The average Bonchev–Trinajstić information content (AvgIpc) is 2.28. The summed E-state index contributed by atoms with van der Waals surface area (Å²) in [7, 11) is 0. The third-order valence-electron chi connectivity index (χ3n) is 2.45. The Morgan fingerprint density at radius 1 is 1.33 bits per heavy atom. The number of ether oxygens (including phenoxy) is 1. The smallest absolute Gasteiger partial charge is 0.124 e. The van der Waals surface area contributed by atoms with E-state index in [0.29, 0.717) is 6.61 Å². The van der Waals surface area contributed by atoms with Crippen molar-refractivity contribution in [1.29, 1.82) is 0 Å². The van der Waals surface area contributed by atoms with Crippen LogP contribution < -0.4 is 10.1 Å². The predicted molar refractivity (Wildman–Crippen MR) is 78.3 cm³/mol. The molecule has 0 aliphatic carbocycles. The molecule has 18 heavy (non-hydrogen) atoms. The van der Waals surface area contributed by atoms with Crippen LogP contribution in [-0.2, 0) is 6.54 Å². The lowest BCUT2D eigenvalue weighted by Gasteiger charge is -2.21. The minimum Gasteiger partial charge on any atom is -0.489 e. The summed E-state index contributed by atoms with van der Waals surface area (Å²) in [5.41, 5.74) is 3.98. The predicted octanol–water partition coefficient (Wildman–Crippen LogP) is 4.01. The van der Waals surface area contributed by atoms with Crippen LogP contribution in [0.4, 0.5) is 0 Å². The van der Waals surface area contributed by atoms with Crippen molar-refractivity contribution in [3.63, 3.8) is 0 Å². The van der Waals surface area contributed by atoms with Gasteiger partial charge in [0.15, 0.2) is 0 Å². The van der Waals surface area contributed by atoms with Crippen LogP contribution in [0.3, 0.4) is 0 Å². The maximum Gasteiger partial charge on any atom is 0.124 e. The van der Waals surface area contributed by atoms with Gasteiger partial charge in [0.1, 0.15) is 12.4 Å². The van der Waals surface area contributed by atoms with Crippen molar-refractivity contribution >= 4 is 11.6 Å². The molecule has 1 N–H and O–H groups in total. The molecule has 0 amide bonds. The van der Waals surface area contributed by atoms with Crippen LogP contribution in [-0.4, -0.2) is 12.1 Å². The van der Waals surface area contributed by atoms with Gasteiger partial charge in [-0.15, -0.1) is 0 Å². The van der Waals surface area contributed by atoms with Gasteiger partial charge in [-0.05, 0) is 39.8 Å². The molecule has 0 aromatic heterocycles. The second kappa shape index (κ2) is 6.81. The van der Waals surface area contributed by atoms with E-state index in [0.717, 1.165) is 12.3 Å². The zero-order chi connectivity index (χ0) is 13.6. The maximum absolute atomic E-state index is 5.69. The molecule has 0 aliphatic rings. The third-order valence-corrected chi connectivity index (χ3v) is 2.63. The minimum atomic E-state index is 0.0943. The first kappa shape index (κ1) is 15.1. The minimum absolute atomic E-state index is 0.0943. The van der Waals surface area contributed by atoms with Crippen molar-refractivity contribution in [3.05, 3.63) is 40.9 Å². The molecule has 100 valence electrons. The summed E-state index contributed by atoms with van der Waals surface area (Å²) >= 11 is 5.48. The van der Waals surface area contributed by atoms with Gasteiger partial charge in [0, 0.05) is 23.2 Å². The van der Waals surface area contributed by atoms with Gasteiger partial charge in [-0.3, -0.25) is 0 Å². The highest BCUT2D eigenvalue weighted by Gasteiger charge is 2.11. The second-order valence-electron chi connectivity index (χ2n) is 5.39. The second-order valence-corrected chi connectivity index (χ2v) is 5.64. The number of nitrogens with one attached hydrogen (secondary N) is 1. The third kappa shape index (κ3) is 5.56. The molecule has 0 bridgehead atoms. The van der Waals surface area contributed by atoms with Gasteiger partial charge >= 0.3 is 0 Å². The number of benzene rings is 1. The van der Waals surface area contributed by atoms with Crippen LogP contribution >= 0.6 is 11.6 Å². The molecule has 0 aliphatic heterocycles. The Hall–Kier alpha value is -0.990. The van der Waals surface area contributed by atoms with E-state index in [4.69, 9.17) is 16.3 Å². The fourth-order valence-electron chi connectivity index (χ4n) is 1.52. The molecule has 0 heterocycles. The first-order chi connectivity index (χ1) is 8.42. The summed E-state index contributed by atoms with van der Waals surface area (Å²) in [6.45, 7) is 9.84. The summed E-state index contributed by atoms with van der Waals surface area (Å²) in [5.74, 6) is 0.909. The molecule has 0 fully saturated rings. The van der Waals surface area contributed by atoms with Gasteiger partial charge in [0.25, 0.3) is 0 Å². The maximum atomic E-state index is 5.69. The fourth-order valence-corrected chi connectivity index (χ4v) is 1.59. The highest BCUT2D eigenvalue weighted by Crippen LogP contribution is 2.20. The summed E-state index contributed by atoms with van der Waals surface area (Å²) in [6, 6.07) is 6.22. The highest BCUT2D eigenvalue weighted by molar-refractivity contribution is 6.25. The van der Waals surface area contributed by atoms with Gasteiger partial charge in [0.05, 0.1) is 0 Å². The van der Waals surface area contributed by atoms with E-state index in [-0.39, 0.29) is 5.54 Å². The Labute approximate surface area is 115 Å². The highest BCUT2D eigenvalue weighted by atomic mass is 35.5. The van der Waals surface area contributed by atoms with Crippen molar-refractivity contribution in [2.75, 3.05) is 6.61 Å². The summed E-state index contributed by atoms with van der Waals surface area (Å²) in [5, 5.41) is 3.47. The largest absolute Gasteiger partial charge is 0.489 e. The Balaban J connectivity index is 2.76. The molecule has 0 unspecified atom stereocenters. The summed E-state index contributed by atoms with van der Waals surface area (Å²) in [6.07, 6.45) is 1.78. The molecule has 1 aromatic rings. The lowest BCUT2D eigenvalue weighted by atomic mass is 10.1. The van der Waals surface area contributed by atoms with Crippen molar-refractivity contribution < 1.29 is 4.74 Å². The van der Waals surface area contributed by atoms with Gasteiger partial charge < -0.3 is 10.1 Å². The molecule has 3 heteroatoms. The first-order valence-corrected chi connectivity index (χ1v) is 6.58.